The molecule has 0 aliphatic carbocycles. The zero-order valence-corrected chi connectivity index (χ0v) is 23.2. The van der Waals surface area contributed by atoms with E-state index in [2.05, 4.69) is 0 Å². The smallest absolute Gasteiger partial charge is 0.327 e. The lowest BCUT2D eigenvalue weighted by Gasteiger charge is -2.27. The Kier molecular flexibility index (Phi) is 8.38. The molecular weight excluding hydrogens is 521 g/mol. The van der Waals surface area contributed by atoms with E-state index in [1.54, 1.807) is 57.2 Å². The molecule has 0 amide bonds. The normalized spacial score (nSPS) is 12.1. The highest BCUT2D eigenvalue weighted by molar-refractivity contribution is 7.92. The van der Waals surface area contributed by atoms with Crippen LogP contribution in [0.3, 0.4) is 0 Å². The molecule has 0 saturated heterocycles. The van der Waals surface area contributed by atoms with E-state index in [0.717, 1.165) is 4.31 Å². The van der Waals surface area contributed by atoms with Gasteiger partial charge in [0.2, 0.25) is 0 Å². The Bertz CT molecular complexity index is 1390. The number of halogens is 2. The van der Waals surface area contributed by atoms with Crippen LogP contribution in [0.1, 0.15) is 51.4 Å². The number of Topliss-reactive ketones (excluding diaryl/α,β-unsaturated/α-hetero) is 1. The van der Waals surface area contributed by atoms with Gasteiger partial charge in [-0.2, -0.15) is 0 Å². The van der Waals surface area contributed by atoms with Crippen LogP contribution in [-0.4, -0.2) is 32.3 Å². The molecular formula is C27H29Cl2NO5S. The minimum atomic E-state index is -4.26. The Balaban J connectivity index is 2.14. The Morgan fingerprint density at radius 3 is 2.19 bits per heavy atom. The lowest BCUT2D eigenvalue weighted by molar-refractivity contribution is -0.152. The second kappa shape index (κ2) is 10.8. The van der Waals surface area contributed by atoms with E-state index >= 15 is 0 Å². The monoisotopic (exact) mass is 549 g/mol. The highest BCUT2D eigenvalue weighted by Gasteiger charge is 2.30. The summed E-state index contributed by atoms with van der Waals surface area (Å²) >= 11 is 12.1. The number of benzene rings is 3. The van der Waals surface area contributed by atoms with Gasteiger partial charge in [0.25, 0.3) is 10.0 Å². The minimum absolute atomic E-state index is 0.00940. The number of sulfonamides is 1. The van der Waals surface area contributed by atoms with Crippen molar-refractivity contribution in [1.82, 2.24) is 0 Å². The molecule has 3 rings (SSSR count). The van der Waals surface area contributed by atoms with Gasteiger partial charge in [-0.25, -0.2) is 8.42 Å². The van der Waals surface area contributed by atoms with Gasteiger partial charge in [0.1, 0.15) is 12.1 Å². The van der Waals surface area contributed by atoms with Gasteiger partial charge in [-0.15, -0.1) is 0 Å². The number of ketones is 1. The van der Waals surface area contributed by atoms with Crippen molar-refractivity contribution >= 4 is 61.4 Å². The van der Waals surface area contributed by atoms with Crippen LogP contribution < -0.4 is 4.31 Å². The molecule has 0 saturated carbocycles. The summed E-state index contributed by atoms with van der Waals surface area (Å²) in [5.74, 6) is -0.513. The molecule has 0 heterocycles. The number of nitrogens with zero attached hydrogens (tertiary/aromatic N) is 1. The van der Waals surface area contributed by atoms with Crippen molar-refractivity contribution in [3.8, 4) is 0 Å². The van der Waals surface area contributed by atoms with E-state index in [1.807, 2.05) is 13.8 Å². The number of hydrogen-bond acceptors (Lipinski definition) is 5. The minimum Gasteiger partial charge on any atom is -0.459 e. The SMILES string of the molecule is CC(C)CC(=O)c1cccc2cc(N(CC(=O)OC(C)(C)C)S(=O)(=O)c3cc(Cl)cc(Cl)c3)ccc12. The maximum absolute atomic E-state index is 13.7. The third-order valence-corrected chi connectivity index (χ3v) is 7.35. The Morgan fingerprint density at radius 1 is 0.972 bits per heavy atom. The van der Waals surface area contributed by atoms with Crippen LogP contribution in [-0.2, 0) is 19.6 Å². The van der Waals surface area contributed by atoms with Crippen molar-refractivity contribution in [1.29, 1.82) is 0 Å². The first kappa shape index (κ1) is 28.0. The van der Waals surface area contributed by atoms with Crippen molar-refractivity contribution in [3.63, 3.8) is 0 Å². The lowest BCUT2D eigenvalue weighted by atomic mass is 9.96. The van der Waals surface area contributed by atoms with Crippen LogP contribution in [0.5, 0.6) is 0 Å². The Hall–Kier alpha value is -2.61. The predicted octanol–water partition coefficient (Wildman–Crippen LogP) is 6.91. The van der Waals surface area contributed by atoms with Crippen molar-refractivity contribution in [2.24, 2.45) is 5.92 Å². The molecule has 0 aromatic heterocycles. The zero-order chi connectivity index (χ0) is 26.8. The van der Waals surface area contributed by atoms with Crippen molar-refractivity contribution in [2.75, 3.05) is 10.8 Å². The molecule has 3 aromatic rings. The van der Waals surface area contributed by atoms with Crippen LogP contribution in [0.2, 0.25) is 10.0 Å². The summed E-state index contributed by atoms with van der Waals surface area (Å²) < 4.78 is 33.8. The summed E-state index contributed by atoms with van der Waals surface area (Å²) in [7, 11) is -4.26. The number of anilines is 1. The van der Waals surface area contributed by atoms with Gasteiger partial charge in [0.05, 0.1) is 10.6 Å². The van der Waals surface area contributed by atoms with E-state index in [4.69, 9.17) is 27.9 Å². The van der Waals surface area contributed by atoms with Gasteiger partial charge in [-0.05, 0) is 67.8 Å². The number of carbonyl (C=O) groups is 2. The molecule has 0 spiro atoms. The average Bonchev–Trinajstić information content (AvgIpc) is 2.74. The first-order chi connectivity index (χ1) is 16.7. The summed E-state index contributed by atoms with van der Waals surface area (Å²) in [6.45, 7) is 8.48. The van der Waals surface area contributed by atoms with Crippen molar-refractivity contribution in [3.05, 3.63) is 70.2 Å². The van der Waals surface area contributed by atoms with Gasteiger partial charge >= 0.3 is 5.97 Å². The summed E-state index contributed by atoms with van der Waals surface area (Å²) in [6, 6.07) is 14.2. The number of fused-ring (bicyclic) bond motifs is 1. The van der Waals surface area contributed by atoms with E-state index in [9.17, 15) is 18.0 Å². The second-order valence-electron chi connectivity index (χ2n) is 9.94. The van der Waals surface area contributed by atoms with Crippen LogP contribution >= 0.6 is 23.2 Å². The second-order valence-corrected chi connectivity index (χ2v) is 12.7. The number of carbonyl (C=O) groups excluding carboxylic acids is 2. The molecule has 0 aliphatic heterocycles. The Labute approximate surface area is 222 Å². The number of ether oxygens (including phenoxy) is 1. The highest BCUT2D eigenvalue weighted by atomic mass is 35.5. The van der Waals surface area contributed by atoms with E-state index in [-0.39, 0.29) is 32.3 Å². The molecule has 0 aliphatic rings. The van der Waals surface area contributed by atoms with E-state index in [0.29, 0.717) is 22.8 Å². The summed E-state index contributed by atoms with van der Waals surface area (Å²) in [5.41, 5.74) is -0.00477. The van der Waals surface area contributed by atoms with Gasteiger partial charge < -0.3 is 4.74 Å². The van der Waals surface area contributed by atoms with Gasteiger partial charge in [0, 0.05) is 22.0 Å². The zero-order valence-electron chi connectivity index (χ0n) is 20.8. The van der Waals surface area contributed by atoms with E-state index in [1.165, 1.54) is 18.2 Å². The fraction of sp³-hybridized carbons (Fsp3) is 0.333. The van der Waals surface area contributed by atoms with Crippen LogP contribution in [0.4, 0.5) is 5.69 Å². The standard InChI is InChI=1S/C27H29Cl2NO5S/c1-17(2)11-25(31)24-8-6-7-18-12-21(9-10-23(18)24)30(16-26(32)35-27(3,4)5)36(33,34)22-14-19(28)13-20(29)15-22/h6-10,12-15,17H,11,16H2,1-5H3. The molecule has 0 N–H and O–H groups in total. The molecule has 0 fully saturated rings. The number of rotatable bonds is 8. The topological polar surface area (TPSA) is 80.8 Å². The van der Waals surface area contributed by atoms with Gasteiger partial charge in [-0.3, -0.25) is 13.9 Å². The molecule has 0 unspecified atom stereocenters. The van der Waals surface area contributed by atoms with E-state index < -0.39 is 28.1 Å². The largest absolute Gasteiger partial charge is 0.459 e. The Morgan fingerprint density at radius 2 is 1.61 bits per heavy atom. The maximum Gasteiger partial charge on any atom is 0.327 e. The van der Waals surface area contributed by atoms with Crippen molar-refractivity contribution in [2.45, 2.75) is 51.5 Å². The molecule has 6 nitrogen and oxygen atoms in total. The molecule has 0 radical (unpaired) electrons. The first-order valence-electron chi connectivity index (χ1n) is 11.4. The van der Waals surface area contributed by atoms with Gasteiger partial charge in [-0.1, -0.05) is 61.3 Å². The molecule has 9 heteroatoms. The predicted molar refractivity (Wildman–Crippen MR) is 145 cm³/mol. The average molecular weight is 551 g/mol. The van der Waals surface area contributed by atoms with Crippen LogP contribution in [0, 0.1) is 5.92 Å². The summed E-state index contributed by atoms with van der Waals surface area (Å²) in [4.78, 5) is 25.4. The first-order valence-corrected chi connectivity index (χ1v) is 13.6. The maximum atomic E-state index is 13.7. The quantitative estimate of drug-likeness (QED) is 0.225. The van der Waals surface area contributed by atoms with Crippen molar-refractivity contribution < 1.29 is 22.7 Å². The van der Waals surface area contributed by atoms with Gasteiger partial charge in [0.15, 0.2) is 5.78 Å². The summed E-state index contributed by atoms with van der Waals surface area (Å²) in [5, 5.41) is 1.65. The molecule has 36 heavy (non-hydrogen) atoms. The number of hydrogen-bond donors (Lipinski definition) is 0. The fourth-order valence-electron chi connectivity index (χ4n) is 3.76. The lowest BCUT2D eigenvalue weighted by Crippen LogP contribution is -2.39. The molecule has 0 bridgehead atoms. The number of esters is 1. The molecule has 192 valence electrons. The molecule has 3 aromatic carbocycles. The van der Waals surface area contributed by atoms with Crippen LogP contribution in [0.25, 0.3) is 10.8 Å². The fourth-order valence-corrected chi connectivity index (χ4v) is 5.89. The third-order valence-electron chi connectivity index (χ3n) is 5.16. The highest BCUT2D eigenvalue weighted by Crippen LogP contribution is 2.32. The van der Waals surface area contributed by atoms with Crippen LogP contribution in [0.15, 0.2) is 59.5 Å². The molecule has 0 atom stereocenters. The third kappa shape index (κ3) is 6.78. The summed E-state index contributed by atoms with van der Waals surface area (Å²) in [6.07, 6.45) is 0.398.